The molecule has 0 radical (unpaired) electrons. The van der Waals surface area contributed by atoms with Crippen LogP contribution in [-0.2, 0) is 10.0 Å². The Morgan fingerprint density at radius 2 is 2.00 bits per heavy atom. The second-order valence-electron chi connectivity index (χ2n) is 6.35. The van der Waals surface area contributed by atoms with Crippen molar-refractivity contribution < 1.29 is 17.6 Å². The summed E-state index contributed by atoms with van der Waals surface area (Å²) in [7, 11) is -3.32. The van der Waals surface area contributed by atoms with E-state index in [9.17, 15) is 17.6 Å². The number of halogens is 1. The number of carbonyl (C=O) groups excluding carboxylic acids is 1. The summed E-state index contributed by atoms with van der Waals surface area (Å²) in [5.41, 5.74) is -0.550. The molecule has 0 unspecified atom stereocenters. The van der Waals surface area contributed by atoms with E-state index in [0.717, 1.165) is 25.5 Å². The minimum atomic E-state index is -3.32. The van der Waals surface area contributed by atoms with Gasteiger partial charge in [0.15, 0.2) is 5.82 Å². The highest BCUT2D eigenvalue weighted by Gasteiger charge is 2.48. The molecule has 2 saturated heterocycles. The predicted octanol–water partition coefficient (Wildman–Crippen LogP) is 1.25. The van der Waals surface area contributed by atoms with Gasteiger partial charge in [-0.1, -0.05) is 0 Å². The van der Waals surface area contributed by atoms with Gasteiger partial charge in [0.25, 0.3) is 5.91 Å². The Kier molecular flexibility index (Phi) is 4.14. The van der Waals surface area contributed by atoms with E-state index in [0.29, 0.717) is 26.1 Å². The van der Waals surface area contributed by atoms with E-state index in [2.05, 4.69) is 4.98 Å². The molecule has 0 aromatic carbocycles. The Balaban J connectivity index is 1.87. The summed E-state index contributed by atoms with van der Waals surface area (Å²) >= 11 is 0. The number of carbonyl (C=O) groups is 1. The first kappa shape index (κ1) is 16.3. The molecule has 3 heterocycles. The second-order valence-corrected chi connectivity index (χ2v) is 8.26. The lowest BCUT2D eigenvalue weighted by molar-refractivity contribution is 0.0520. The van der Waals surface area contributed by atoms with Crippen molar-refractivity contribution in [2.24, 2.45) is 0 Å². The maximum Gasteiger partial charge on any atom is 0.257 e. The van der Waals surface area contributed by atoms with E-state index < -0.39 is 27.3 Å². The molecule has 2 aliphatic rings. The molecule has 8 heteroatoms. The van der Waals surface area contributed by atoms with E-state index in [1.165, 1.54) is 22.8 Å². The fraction of sp³-hybridized carbons (Fsp3) is 0.600. The minimum Gasteiger partial charge on any atom is -0.337 e. The normalized spacial score (nSPS) is 25.9. The lowest BCUT2D eigenvalue weighted by Gasteiger charge is -2.44. The van der Waals surface area contributed by atoms with Crippen LogP contribution in [0.3, 0.4) is 0 Å². The van der Waals surface area contributed by atoms with Gasteiger partial charge in [0.2, 0.25) is 10.0 Å². The van der Waals surface area contributed by atoms with E-state index in [-0.39, 0.29) is 5.56 Å². The molecule has 1 aromatic rings. The predicted molar refractivity (Wildman–Crippen MR) is 82.8 cm³/mol. The smallest absolute Gasteiger partial charge is 0.257 e. The van der Waals surface area contributed by atoms with E-state index >= 15 is 0 Å². The van der Waals surface area contributed by atoms with Crippen LogP contribution in [0.25, 0.3) is 0 Å². The Hall–Kier alpha value is -1.54. The Bertz CT molecular complexity index is 724. The molecule has 0 aliphatic carbocycles. The highest BCUT2D eigenvalue weighted by atomic mass is 32.2. The van der Waals surface area contributed by atoms with E-state index in [1.807, 2.05) is 0 Å². The monoisotopic (exact) mass is 341 g/mol. The quantitative estimate of drug-likeness (QED) is 0.812. The van der Waals surface area contributed by atoms with Gasteiger partial charge in [-0.3, -0.25) is 9.78 Å². The Labute approximate surface area is 135 Å². The highest BCUT2D eigenvalue weighted by molar-refractivity contribution is 7.88. The van der Waals surface area contributed by atoms with Gasteiger partial charge in [-0.05, 0) is 31.7 Å². The van der Waals surface area contributed by atoms with Gasteiger partial charge in [0, 0.05) is 25.8 Å². The number of piperidine rings is 1. The molecule has 23 heavy (non-hydrogen) atoms. The fourth-order valence-corrected chi connectivity index (χ4v) is 5.25. The van der Waals surface area contributed by atoms with Gasteiger partial charge in [-0.2, -0.15) is 4.31 Å². The van der Waals surface area contributed by atoms with Crippen LogP contribution in [0.5, 0.6) is 0 Å². The van der Waals surface area contributed by atoms with Crippen molar-refractivity contribution in [2.45, 2.75) is 31.2 Å². The molecule has 1 amide bonds. The molecule has 1 spiro atoms. The molecule has 1 aromatic heterocycles. The van der Waals surface area contributed by atoms with Gasteiger partial charge in [-0.25, -0.2) is 12.8 Å². The average Bonchev–Trinajstić information content (AvgIpc) is 2.90. The number of sulfonamides is 1. The summed E-state index contributed by atoms with van der Waals surface area (Å²) in [6.07, 6.45) is 6.59. The number of amides is 1. The molecule has 0 N–H and O–H groups in total. The number of pyridine rings is 1. The molecular formula is C15H20FN3O3S. The van der Waals surface area contributed by atoms with Crippen LogP contribution < -0.4 is 0 Å². The van der Waals surface area contributed by atoms with Gasteiger partial charge < -0.3 is 4.90 Å². The molecule has 0 saturated carbocycles. The van der Waals surface area contributed by atoms with Crippen LogP contribution in [0.15, 0.2) is 18.5 Å². The summed E-state index contributed by atoms with van der Waals surface area (Å²) in [6.45, 7) is 1.32. The maximum atomic E-state index is 13.8. The van der Waals surface area contributed by atoms with Crippen LogP contribution in [0.2, 0.25) is 0 Å². The number of likely N-dealkylation sites (tertiary alicyclic amines) is 1. The second kappa shape index (κ2) is 5.83. The van der Waals surface area contributed by atoms with E-state index in [1.54, 1.807) is 4.90 Å². The first-order valence-corrected chi connectivity index (χ1v) is 9.55. The third kappa shape index (κ3) is 2.97. The SMILES string of the molecule is CS(=O)(=O)N1CCC[C@@]12CCCN(C(=O)c1ccncc1F)C2. The third-order valence-electron chi connectivity index (χ3n) is 4.78. The molecule has 1 atom stereocenters. The number of rotatable bonds is 2. The molecule has 2 fully saturated rings. The summed E-state index contributed by atoms with van der Waals surface area (Å²) in [6, 6.07) is 1.36. The number of aromatic nitrogens is 1. The maximum absolute atomic E-state index is 13.8. The van der Waals surface area contributed by atoms with Crippen molar-refractivity contribution in [1.29, 1.82) is 0 Å². The fourth-order valence-electron chi connectivity index (χ4n) is 3.84. The van der Waals surface area contributed by atoms with Crippen LogP contribution >= 0.6 is 0 Å². The first-order valence-electron chi connectivity index (χ1n) is 7.70. The summed E-state index contributed by atoms with van der Waals surface area (Å²) in [4.78, 5) is 17.8. The van der Waals surface area contributed by atoms with Crippen molar-refractivity contribution in [3.8, 4) is 0 Å². The molecular weight excluding hydrogens is 321 g/mol. The molecule has 126 valence electrons. The molecule has 3 rings (SSSR count). The molecule has 6 nitrogen and oxygen atoms in total. The highest BCUT2D eigenvalue weighted by Crippen LogP contribution is 2.39. The van der Waals surface area contributed by atoms with Crippen LogP contribution in [0.4, 0.5) is 4.39 Å². The molecule has 2 aliphatic heterocycles. The number of hydrogen-bond donors (Lipinski definition) is 0. The minimum absolute atomic E-state index is 0.0130. The van der Waals surface area contributed by atoms with Crippen molar-refractivity contribution in [3.63, 3.8) is 0 Å². The zero-order chi connectivity index (χ0) is 16.7. The van der Waals surface area contributed by atoms with Gasteiger partial charge >= 0.3 is 0 Å². The van der Waals surface area contributed by atoms with Crippen molar-refractivity contribution in [2.75, 3.05) is 25.9 Å². The zero-order valence-electron chi connectivity index (χ0n) is 13.0. The summed E-state index contributed by atoms with van der Waals surface area (Å²) in [5, 5.41) is 0. The average molecular weight is 341 g/mol. The number of nitrogens with zero attached hydrogens (tertiary/aromatic N) is 3. The van der Waals surface area contributed by atoms with Crippen LogP contribution in [0.1, 0.15) is 36.0 Å². The Morgan fingerprint density at radius 1 is 1.30 bits per heavy atom. The van der Waals surface area contributed by atoms with Crippen LogP contribution in [-0.4, -0.2) is 59.9 Å². The Morgan fingerprint density at radius 3 is 2.65 bits per heavy atom. The number of hydrogen-bond acceptors (Lipinski definition) is 4. The standard InChI is InChI=1S/C15H20FN3O3S/c1-23(21,22)19-9-3-6-15(19)5-2-8-18(11-15)14(20)12-4-7-17-10-13(12)16/h4,7,10H,2-3,5-6,8-9,11H2,1H3/t15-/m1/s1. The molecule has 0 bridgehead atoms. The van der Waals surface area contributed by atoms with Gasteiger partial charge in [0.05, 0.1) is 23.6 Å². The first-order chi connectivity index (χ1) is 10.8. The van der Waals surface area contributed by atoms with Gasteiger partial charge in [0.1, 0.15) is 0 Å². The van der Waals surface area contributed by atoms with Crippen LogP contribution in [0, 0.1) is 5.82 Å². The zero-order valence-corrected chi connectivity index (χ0v) is 13.9. The van der Waals surface area contributed by atoms with Crippen molar-refractivity contribution in [1.82, 2.24) is 14.2 Å². The van der Waals surface area contributed by atoms with Crippen molar-refractivity contribution in [3.05, 3.63) is 29.8 Å². The third-order valence-corrected chi connectivity index (χ3v) is 6.15. The topological polar surface area (TPSA) is 70.6 Å². The summed E-state index contributed by atoms with van der Waals surface area (Å²) < 4.78 is 39.5. The van der Waals surface area contributed by atoms with Crippen molar-refractivity contribution >= 4 is 15.9 Å². The van der Waals surface area contributed by atoms with E-state index in [4.69, 9.17) is 0 Å². The lowest BCUT2D eigenvalue weighted by Crippen LogP contribution is -2.58. The lowest BCUT2D eigenvalue weighted by atomic mass is 9.87. The largest absolute Gasteiger partial charge is 0.337 e. The summed E-state index contributed by atoms with van der Waals surface area (Å²) in [5.74, 6) is -1.05. The van der Waals surface area contributed by atoms with Gasteiger partial charge in [-0.15, -0.1) is 0 Å².